The molecule has 0 saturated heterocycles. The van der Waals surface area contributed by atoms with Crippen LogP contribution in [0.5, 0.6) is 0 Å². The molecular weight excluding hydrogens is 352 g/mol. The lowest BCUT2D eigenvalue weighted by molar-refractivity contribution is -0.137. The van der Waals surface area contributed by atoms with Crippen LogP contribution in [0.15, 0.2) is 24.3 Å². The van der Waals surface area contributed by atoms with Gasteiger partial charge in [-0.3, -0.25) is 4.55 Å². The van der Waals surface area contributed by atoms with Crippen molar-refractivity contribution in [3.63, 3.8) is 0 Å². The molecule has 0 heterocycles. The van der Waals surface area contributed by atoms with Crippen molar-refractivity contribution in [2.75, 3.05) is 6.61 Å². The fourth-order valence-electron chi connectivity index (χ4n) is 2.70. The summed E-state index contributed by atoms with van der Waals surface area (Å²) in [6, 6.07) is 8.56. The van der Waals surface area contributed by atoms with Crippen LogP contribution in [-0.2, 0) is 32.4 Å². The van der Waals surface area contributed by atoms with Crippen LogP contribution in [-0.4, -0.2) is 31.3 Å². The first-order valence-corrected chi connectivity index (χ1v) is 11.1. The molecule has 150 valence electrons. The highest BCUT2D eigenvalue weighted by Gasteiger charge is 2.20. The zero-order valence-corrected chi connectivity index (χ0v) is 17.1. The summed E-state index contributed by atoms with van der Waals surface area (Å²) in [7, 11) is -4.20. The van der Waals surface area contributed by atoms with Crippen molar-refractivity contribution >= 4 is 10.1 Å². The van der Waals surface area contributed by atoms with Gasteiger partial charge in [0.15, 0.2) is 11.7 Å². The predicted molar refractivity (Wildman–Crippen MR) is 105 cm³/mol. The first-order valence-electron chi connectivity index (χ1n) is 9.64. The van der Waals surface area contributed by atoms with E-state index in [2.05, 4.69) is 31.2 Å². The second-order valence-electron chi connectivity index (χ2n) is 6.74. The van der Waals surface area contributed by atoms with Gasteiger partial charge < -0.3 is 9.47 Å². The highest BCUT2D eigenvalue weighted by atomic mass is 32.2. The van der Waals surface area contributed by atoms with Crippen molar-refractivity contribution < 1.29 is 22.4 Å². The van der Waals surface area contributed by atoms with Crippen molar-refractivity contribution in [1.29, 1.82) is 0 Å². The maximum atomic E-state index is 10.9. The molecule has 0 bridgehead atoms. The third-order valence-electron chi connectivity index (χ3n) is 4.39. The fourth-order valence-corrected chi connectivity index (χ4v) is 3.00. The average molecular weight is 387 g/mol. The van der Waals surface area contributed by atoms with Crippen LogP contribution < -0.4 is 0 Å². The largest absolute Gasteiger partial charge is 0.353 e. The SMILES string of the molecule is CCCCCCCCc1ccc(CCOC(C)OC(C)S(=O)(=O)O)cc1. The Labute approximate surface area is 158 Å². The lowest BCUT2D eigenvalue weighted by atomic mass is 10.0. The lowest BCUT2D eigenvalue weighted by Gasteiger charge is -2.17. The zero-order valence-electron chi connectivity index (χ0n) is 16.3. The molecule has 0 fully saturated rings. The summed E-state index contributed by atoms with van der Waals surface area (Å²) in [6.07, 6.45) is 9.01. The number of ether oxygens (including phenoxy) is 2. The van der Waals surface area contributed by atoms with Crippen LogP contribution in [0.2, 0.25) is 0 Å². The van der Waals surface area contributed by atoms with Gasteiger partial charge in [-0.2, -0.15) is 8.42 Å². The van der Waals surface area contributed by atoms with Gasteiger partial charge in [-0.15, -0.1) is 0 Å². The van der Waals surface area contributed by atoms with Gasteiger partial charge in [0, 0.05) is 0 Å². The normalized spacial score (nSPS) is 14.3. The number of benzene rings is 1. The van der Waals surface area contributed by atoms with Crippen LogP contribution in [0.3, 0.4) is 0 Å². The summed E-state index contributed by atoms with van der Waals surface area (Å²) in [6.45, 7) is 5.56. The molecule has 2 unspecified atom stereocenters. The topological polar surface area (TPSA) is 72.8 Å². The minimum absolute atomic E-state index is 0.427. The van der Waals surface area contributed by atoms with E-state index in [1.165, 1.54) is 56.6 Å². The third kappa shape index (κ3) is 10.3. The van der Waals surface area contributed by atoms with Crippen molar-refractivity contribution in [3.8, 4) is 0 Å². The van der Waals surface area contributed by atoms with E-state index in [1.54, 1.807) is 6.92 Å². The molecule has 0 aromatic heterocycles. The van der Waals surface area contributed by atoms with Gasteiger partial charge in [0.25, 0.3) is 10.1 Å². The number of hydrogen-bond donors (Lipinski definition) is 1. The molecule has 0 spiro atoms. The molecule has 0 radical (unpaired) electrons. The molecule has 2 atom stereocenters. The van der Waals surface area contributed by atoms with E-state index in [0.29, 0.717) is 6.61 Å². The molecule has 26 heavy (non-hydrogen) atoms. The summed E-state index contributed by atoms with van der Waals surface area (Å²) >= 11 is 0. The van der Waals surface area contributed by atoms with Gasteiger partial charge in [-0.1, -0.05) is 63.3 Å². The van der Waals surface area contributed by atoms with Gasteiger partial charge in [0.1, 0.15) is 0 Å². The Morgan fingerprint density at radius 3 is 2.04 bits per heavy atom. The minimum Gasteiger partial charge on any atom is -0.353 e. The smallest absolute Gasteiger partial charge is 0.292 e. The van der Waals surface area contributed by atoms with Gasteiger partial charge >= 0.3 is 0 Å². The van der Waals surface area contributed by atoms with Crippen molar-refractivity contribution in [2.24, 2.45) is 0 Å². The molecule has 6 heteroatoms. The lowest BCUT2D eigenvalue weighted by Crippen LogP contribution is -2.27. The second kappa shape index (κ2) is 12.4. The number of hydrogen-bond acceptors (Lipinski definition) is 4. The summed E-state index contributed by atoms with van der Waals surface area (Å²) in [5.41, 5.74) is 1.24. The quantitative estimate of drug-likeness (QED) is 0.284. The highest BCUT2D eigenvalue weighted by Crippen LogP contribution is 2.12. The van der Waals surface area contributed by atoms with Gasteiger partial charge in [0.05, 0.1) is 6.61 Å². The summed E-state index contributed by atoms with van der Waals surface area (Å²) in [5, 5.41) is 0. The van der Waals surface area contributed by atoms with Gasteiger partial charge in [-0.05, 0) is 44.2 Å². The minimum atomic E-state index is -4.20. The monoisotopic (exact) mass is 386 g/mol. The van der Waals surface area contributed by atoms with Crippen molar-refractivity contribution in [3.05, 3.63) is 35.4 Å². The number of aryl methyl sites for hydroxylation is 1. The van der Waals surface area contributed by atoms with Crippen LogP contribution in [0.4, 0.5) is 0 Å². The Morgan fingerprint density at radius 1 is 0.923 bits per heavy atom. The Bertz CT molecular complexity index is 583. The summed E-state index contributed by atoms with van der Waals surface area (Å²) < 4.78 is 41.2. The maximum absolute atomic E-state index is 10.9. The molecule has 1 rings (SSSR count). The van der Waals surface area contributed by atoms with Crippen LogP contribution >= 0.6 is 0 Å². The van der Waals surface area contributed by atoms with Crippen LogP contribution in [0, 0.1) is 0 Å². The Kier molecular flexibility index (Phi) is 11.0. The zero-order chi connectivity index (χ0) is 19.4. The van der Waals surface area contributed by atoms with Gasteiger partial charge in [-0.25, -0.2) is 0 Å². The third-order valence-corrected chi connectivity index (χ3v) is 5.34. The van der Waals surface area contributed by atoms with Crippen LogP contribution in [0.25, 0.3) is 0 Å². The van der Waals surface area contributed by atoms with Gasteiger partial charge in [0.2, 0.25) is 0 Å². The summed E-state index contributed by atoms with van der Waals surface area (Å²) in [4.78, 5) is 0. The fraction of sp³-hybridized carbons (Fsp3) is 0.700. The first-order chi connectivity index (χ1) is 12.3. The second-order valence-corrected chi connectivity index (χ2v) is 8.44. The van der Waals surface area contributed by atoms with E-state index in [-0.39, 0.29) is 0 Å². The molecule has 1 aromatic rings. The highest BCUT2D eigenvalue weighted by molar-refractivity contribution is 7.86. The van der Waals surface area contributed by atoms with E-state index in [4.69, 9.17) is 14.0 Å². The molecule has 0 aliphatic heterocycles. The number of unbranched alkanes of at least 4 members (excludes halogenated alkanes) is 5. The molecule has 5 nitrogen and oxygen atoms in total. The molecule has 0 saturated carbocycles. The molecular formula is C20H34O5S. The Balaban J connectivity index is 2.22. The van der Waals surface area contributed by atoms with E-state index in [9.17, 15) is 8.42 Å². The van der Waals surface area contributed by atoms with E-state index >= 15 is 0 Å². The van der Waals surface area contributed by atoms with Crippen molar-refractivity contribution in [1.82, 2.24) is 0 Å². The van der Waals surface area contributed by atoms with E-state index < -0.39 is 21.8 Å². The van der Waals surface area contributed by atoms with Crippen molar-refractivity contribution in [2.45, 2.75) is 83.9 Å². The Morgan fingerprint density at radius 2 is 1.46 bits per heavy atom. The van der Waals surface area contributed by atoms with E-state index in [1.807, 2.05) is 0 Å². The maximum Gasteiger partial charge on any atom is 0.292 e. The molecule has 1 aromatic carbocycles. The van der Waals surface area contributed by atoms with Crippen LogP contribution in [0.1, 0.15) is 70.4 Å². The summed E-state index contributed by atoms with van der Waals surface area (Å²) in [5.74, 6) is 0. The number of rotatable bonds is 14. The first kappa shape index (κ1) is 23.1. The average Bonchev–Trinajstić information content (AvgIpc) is 2.58. The molecule has 0 aliphatic carbocycles. The molecule has 0 aliphatic rings. The standard InChI is InChI=1S/C20H34O5S/c1-4-5-6-7-8-9-10-19-11-13-20(14-12-19)15-16-24-17(2)25-18(3)26(21,22)23/h11-14,17-18H,4-10,15-16H2,1-3H3,(H,21,22,23). The molecule has 1 N–H and O–H groups in total. The molecule has 0 amide bonds. The Hall–Kier alpha value is -0.950. The van der Waals surface area contributed by atoms with E-state index in [0.717, 1.165) is 12.8 Å². The predicted octanol–water partition coefficient (Wildman–Crippen LogP) is 4.75.